The van der Waals surface area contributed by atoms with Gasteiger partial charge in [-0.3, -0.25) is 4.90 Å². The lowest BCUT2D eigenvalue weighted by Gasteiger charge is -2.37. The Morgan fingerprint density at radius 1 is 1.26 bits per heavy atom. The maximum Gasteiger partial charge on any atom is 0.0877 e. The van der Waals surface area contributed by atoms with Gasteiger partial charge in [0.05, 0.1) is 25.4 Å². The quantitative estimate of drug-likeness (QED) is 0.616. The molecule has 114 valence electrons. The maximum absolute atomic E-state index is 5.96. The number of rotatable bonds is 10. The van der Waals surface area contributed by atoms with Gasteiger partial charge in [0.15, 0.2) is 0 Å². The van der Waals surface area contributed by atoms with Crippen LogP contribution in [0, 0.1) is 0 Å². The summed E-state index contributed by atoms with van der Waals surface area (Å²) >= 11 is 0. The Bertz CT molecular complexity index is 212. The van der Waals surface area contributed by atoms with E-state index in [4.69, 9.17) is 9.47 Å². The highest BCUT2D eigenvalue weighted by Crippen LogP contribution is 2.10. The van der Waals surface area contributed by atoms with Crippen LogP contribution in [0.2, 0.25) is 0 Å². The van der Waals surface area contributed by atoms with Crippen molar-refractivity contribution in [2.75, 3.05) is 46.0 Å². The van der Waals surface area contributed by atoms with Crippen LogP contribution in [0.25, 0.3) is 0 Å². The lowest BCUT2D eigenvalue weighted by atomic mass is 10.1. The van der Waals surface area contributed by atoms with Gasteiger partial charge in [-0.15, -0.1) is 0 Å². The van der Waals surface area contributed by atoms with E-state index < -0.39 is 0 Å². The van der Waals surface area contributed by atoms with Crippen LogP contribution in [-0.2, 0) is 9.47 Å². The van der Waals surface area contributed by atoms with Crippen LogP contribution in [0.1, 0.15) is 40.0 Å². The summed E-state index contributed by atoms with van der Waals surface area (Å²) in [6, 6.07) is 0.325. The van der Waals surface area contributed by atoms with Gasteiger partial charge in [-0.2, -0.15) is 0 Å². The first-order valence-electron chi connectivity index (χ1n) is 7.96. The summed E-state index contributed by atoms with van der Waals surface area (Å²) in [7, 11) is 0. The van der Waals surface area contributed by atoms with Gasteiger partial charge in [-0.05, 0) is 32.4 Å². The van der Waals surface area contributed by atoms with Crippen LogP contribution in [0.15, 0.2) is 0 Å². The molecule has 2 atom stereocenters. The molecule has 0 amide bonds. The molecule has 1 aliphatic rings. The fourth-order valence-corrected chi connectivity index (χ4v) is 2.48. The van der Waals surface area contributed by atoms with Gasteiger partial charge in [0.25, 0.3) is 0 Å². The van der Waals surface area contributed by atoms with Crippen molar-refractivity contribution < 1.29 is 9.47 Å². The van der Waals surface area contributed by atoms with E-state index in [2.05, 4.69) is 31.0 Å². The third-order valence-electron chi connectivity index (χ3n) is 3.47. The molecule has 0 radical (unpaired) electrons. The minimum atomic E-state index is 0.267. The molecule has 0 spiro atoms. The van der Waals surface area contributed by atoms with Crippen LogP contribution < -0.4 is 5.32 Å². The van der Waals surface area contributed by atoms with E-state index in [-0.39, 0.29) is 6.10 Å². The number of hydrogen-bond acceptors (Lipinski definition) is 4. The molecule has 19 heavy (non-hydrogen) atoms. The van der Waals surface area contributed by atoms with E-state index in [1.807, 2.05) is 0 Å². The van der Waals surface area contributed by atoms with Gasteiger partial charge in [0, 0.05) is 19.7 Å². The van der Waals surface area contributed by atoms with Gasteiger partial charge in [0.2, 0.25) is 0 Å². The Balaban J connectivity index is 2.41. The first kappa shape index (κ1) is 16.9. The smallest absolute Gasteiger partial charge is 0.0877 e. The third-order valence-corrected chi connectivity index (χ3v) is 3.47. The molecule has 1 fully saturated rings. The summed E-state index contributed by atoms with van der Waals surface area (Å²) in [6.45, 7) is 13.4. The highest BCUT2D eigenvalue weighted by atomic mass is 16.5. The molecular formula is C15H32N2O2. The van der Waals surface area contributed by atoms with Crippen LogP contribution in [0.3, 0.4) is 0 Å². The fourth-order valence-electron chi connectivity index (χ4n) is 2.48. The van der Waals surface area contributed by atoms with Gasteiger partial charge in [-0.25, -0.2) is 0 Å². The normalized spacial score (nSPS) is 22.6. The molecule has 0 aromatic heterocycles. The Labute approximate surface area is 118 Å². The topological polar surface area (TPSA) is 33.7 Å². The Morgan fingerprint density at radius 2 is 2.11 bits per heavy atom. The van der Waals surface area contributed by atoms with Crippen molar-refractivity contribution in [3.8, 4) is 0 Å². The summed E-state index contributed by atoms with van der Waals surface area (Å²) in [5.41, 5.74) is 0. The standard InChI is InChI=1S/C15H32N2O2/c1-4-7-16-14(13-18-10-6-3)15-12-17(8-5-2)9-11-19-15/h14-16H,4-13H2,1-3H3. The maximum atomic E-state index is 5.96. The molecule has 2 unspecified atom stereocenters. The van der Waals surface area contributed by atoms with Crippen molar-refractivity contribution in [1.82, 2.24) is 10.2 Å². The van der Waals surface area contributed by atoms with E-state index >= 15 is 0 Å². The Hall–Kier alpha value is -0.160. The molecule has 0 aromatic rings. The van der Waals surface area contributed by atoms with Crippen LogP contribution in [0.5, 0.6) is 0 Å². The van der Waals surface area contributed by atoms with Gasteiger partial charge < -0.3 is 14.8 Å². The second-order valence-electron chi connectivity index (χ2n) is 5.35. The number of nitrogens with one attached hydrogen (secondary N) is 1. The minimum absolute atomic E-state index is 0.267. The minimum Gasteiger partial charge on any atom is -0.380 e. The lowest BCUT2D eigenvalue weighted by molar-refractivity contribution is -0.0613. The predicted molar refractivity (Wildman–Crippen MR) is 79.7 cm³/mol. The summed E-state index contributed by atoms with van der Waals surface area (Å²) in [6.07, 6.45) is 3.71. The highest BCUT2D eigenvalue weighted by Gasteiger charge is 2.27. The molecule has 0 aliphatic carbocycles. The molecule has 0 aromatic carbocycles. The van der Waals surface area contributed by atoms with Gasteiger partial charge in [-0.1, -0.05) is 20.8 Å². The van der Waals surface area contributed by atoms with E-state index in [1.54, 1.807) is 0 Å². The Kier molecular flexibility index (Phi) is 9.43. The number of morpholine rings is 1. The van der Waals surface area contributed by atoms with Crippen molar-refractivity contribution in [3.63, 3.8) is 0 Å². The summed E-state index contributed by atoms with van der Waals surface area (Å²) in [4.78, 5) is 2.51. The monoisotopic (exact) mass is 272 g/mol. The molecule has 1 N–H and O–H groups in total. The average Bonchev–Trinajstić information content (AvgIpc) is 2.43. The largest absolute Gasteiger partial charge is 0.380 e. The number of ether oxygens (including phenoxy) is 2. The molecule has 1 aliphatic heterocycles. The van der Waals surface area contributed by atoms with Crippen molar-refractivity contribution in [2.45, 2.75) is 52.2 Å². The lowest BCUT2D eigenvalue weighted by Crippen LogP contribution is -2.54. The molecule has 1 saturated heterocycles. The number of nitrogens with zero attached hydrogens (tertiary/aromatic N) is 1. The zero-order chi connectivity index (χ0) is 13.9. The first-order chi connectivity index (χ1) is 9.31. The molecular weight excluding hydrogens is 240 g/mol. The van der Waals surface area contributed by atoms with E-state index in [1.165, 1.54) is 13.0 Å². The molecule has 1 heterocycles. The van der Waals surface area contributed by atoms with Gasteiger partial charge in [0.1, 0.15) is 0 Å². The molecule has 1 rings (SSSR count). The average molecular weight is 272 g/mol. The van der Waals surface area contributed by atoms with E-state index in [9.17, 15) is 0 Å². The van der Waals surface area contributed by atoms with E-state index in [0.29, 0.717) is 6.04 Å². The summed E-state index contributed by atoms with van der Waals surface area (Å²) < 4.78 is 11.7. The fraction of sp³-hybridized carbons (Fsp3) is 1.00. The summed E-state index contributed by atoms with van der Waals surface area (Å²) in [5.74, 6) is 0. The Morgan fingerprint density at radius 3 is 2.79 bits per heavy atom. The zero-order valence-electron chi connectivity index (χ0n) is 13.0. The molecule has 0 saturated carbocycles. The van der Waals surface area contributed by atoms with E-state index in [0.717, 1.165) is 52.3 Å². The predicted octanol–water partition coefficient (Wildman–Crippen LogP) is 1.89. The highest BCUT2D eigenvalue weighted by molar-refractivity contribution is 4.83. The van der Waals surface area contributed by atoms with Crippen molar-refractivity contribution in [3.05, 3.63) is 0 Å². The van der Waals surface area contributed by atoms with Crippen LogP contribution >= 0.6 is 0 Å². The van der Waals surface area contributed by atoms with Crippen molar-refractivity contribution in [2.24, 2.45) is 0 Å². The van der Waals surface area contributed by atoms with Gasteiger partial charge >= 0.3 is 0 Å². The SMILES string of the molecule is CCCNC(COCCC)C1CN(CCC)CCO1. The summed E-state index contributed by atoms with van der Waals surface area (Å²) in [5, 5.41) is 3.58. The van der Waals surface area contributed by atoms with Crippen molar-refractivity contribution >= 4 is 0 Å². The second-order valence-corrected chi connectivity index (χ2v) is 5.35. The third kappa shape index (κ3) is 6.70. The number of hydrogen-bond donors (Lipinski definition) is 1. The molecule has 4 heteroatoms. The first-order valence-corrected chi connectivity index (χ1v) is 7.96. The molecule has 0 bridgehead atoms. The molecule has 4 nitrogen and oxygen atoms in total. The zero-order valence-corrected chi connectivity index (χ0v) is 13.0. The van der Waals surface area contributed by atoms with Crippen LogP contribution in [0.4, 0.5) is 0 Å². The van der Waals surface area contributed by atoms with Crippen LogP contribution in [-0.4, -0.2) is 63.0 Å². The second kappa shape index (κ2) is 10.6. The van der Waals surface area contributed by atoms with Crippen molar-refractivity contribution in [1.29, 1.82) is 0 Å².